The summed E-state index contributed by atoms with van der Waals surface area (Å²) in [5.74, 6) is 0.722. The topological polar surface area (TPSA) is 41.6 Å². The van der Waals surface area contributed by atoms with Gasteiger partial charge in [0.05, 0.1) is 0 Å². The Bertz CT molecular complexity index is 506. The lowest BCUT2D eigenvalue weighted by Gasteiger charge is -2.32. The van der Waals surface area contributed by atoms with Gasteiger partial charge in [-0.05, 0) is 56.3 Å². The molecule has 1 atom stereocenters. The zero-order valence-corrected chi connectivity index (χ0v) is 13.4. The van der Waals surface area contributed by atoms with Crippen molar-refractivity contribution in [1.82, 2.24) is 10.2 Å². The van der Waals surface area contributed by atoms with Gasteiger partial charge < -0.3 is 15.0 Å². The Morgan fingerprint density at radius 1 is 1.27 bits per heavy atom. The second-order valence-electron chi connectivity index (χ2n) is 6.49. The van der Waals surface area contributed by atoms with E-state index in [0.29, 0.717) is 12.0 Å². The minimum atomic E-state index is 0.168. The molecule has 2 heterocycles. The highest BCUT2D eigenvalue weighted by atomic mass is 16.5. The summed E-state index contributed by atoms with van der Waals surface area (Å²) in [6.07, 6.45) is 4.14. The minimum Gasteiger partial charge on any atom is -0.381 e. The molecule has 3 rings (SSSR count). The maximum Gasteiger partial charge on any atom is 0.254 e. The molecule has 2 aliphatic heterocycles. The molecule has 0 spiro atoms. The fraction of sp³-hybridized carbons (Fsp3) is 0.611. The number of carbonyl (C=O) groups excluding carboxylic acids is 1. The van der Waals surface area contributed by atoms with Crippen LogP contribution in [0.15, 0.2) is 24.3 Å². The van der Waals surface area contributed by atoms with Crippen molar-refractivity contribution in [2.75, 3.05) is 33.4 Å². The molecule has 4 heteroatoms. The van der Waals surface area contributed by atoms with Crippen LogP contribution in [0.3, 0.4) is 0 Å². The van der Waals surface area contributed by atoms with Gasteiger partial charge in [0.25, 0.3) is 5.91 Å². The summed E-state index contributed by atoms with van der Waals surface area (Å²) in [7, 11) is 1.95. The van der Waals surface area contributed by atoms with Crippen molar-refractivity contribution in [1.29, 1.82) is 0 Å². The lowest BCUT2D eigenvalue weighted by atomic mass is 9.94. The first kappa shape index (κ1) is 15.5. The van der Waals surface area contributed by atoms with Crippen molar-refractivity contribution in [2.45, 2.75) is 31.7 Å². The predicted octanol–water partition coefficient (Wildman–Crippen LogP) is 2.09. The molecule has 1 aromatic rings. The number of ether oxygens (including phenoxy) is 1. The van der Waals surface area contributed by atoms with Gasteiger partial charge in [0.1, 0.15) is 0 Å². The third-order valence-corrected chi connectivity index (χ3v) is 4.96. The first-order chi connectivity index (χ1) is 10.8. The van der Waals surface area contributed by atoms with Crippen LogP contribution in [-0.2, 0) is 11.2 Å². The lowest BCUT2D eigenvalue weighted by Crippen LogP contribution is -2.44. The largest absolute Gasteiger partial charge is 0.381 e. The molecule has 2 aliphatic rings. The van der Waals surface area contributed by atoms with E-state index in [2.05, 4.69) is 11.4 Å². The summed E-state index contributed by atoms with van der Waals surface area (Å²) in [6, 6.07) is 8.44. The zero-order chi connectivity index (χ0) is 15.4. The van der Waals surface area contributed by atoms with Crippen LogP contribution >= 0.6 is 0 Å². The monoisotopic (exact) mass is 302 g/mol. The summed E-state index contributed by atoms with van der Waals surface area (Å²) in [4.78, 5) is 14.9. The van der Waals surface area contributed by atoms with Crippen molar-refractivity contribution in [3.63, 3.8) is 0 Å². The maximum absolute atomic E-state index is 12.9. The number of rotatable bonds is 4. The maximum atomic E-state index is 12.9. The average molecular weight is 302 g/mol. The van der Waals surface area contributed by atoms with Gasteiger partial charge in [-0.3, -0.25) is 4.79 Å². The molecule has 0 saturated carbocycles. The molecule has 1 aromatic carbocycles. The summed E-state index contributed by atoms with van der Waals surface area (Å²) >= 11 is 0. The third kappa shape index (κ3) is 3.50. The van der Waals surface area contributed by atoms with Crippen molar-refractivity contribution in [3.8, 4) is 0 Å². The van der Waals surface area contributed by atoms with Gasteiger partial charge in [-0.1, -0.05) is 18.2 Å². The standard InChI is InChI=1S/C18H26N2O2/c1-20(16-6-9-19-10-7-16)18(21)17-5-3-2-4-15(17)12-14-8-11-22-13-14/h2-5,14,16,19H,6-13H2,1H3. The molecular formula is C18H26N2O2. The van der Waals surface area contributed by atoms with Crippen molar-refractivity contribution < 1.29 is 9.53 Å². The van der Waals surface area contributed by atoms with Gasteiger partial charge in [0, 0.05) is 31.9 Å². The zero-order valence-electron chi connectivity index (χ0n) is 13.4. The number of piperidine rings is 1. The van der Waals surface area contributed by atoms with E-state index in [1.807, 2.05) is 30.1 Å². The highest BCUT2D eigenvalue weighted by molar-refractivity contribution is 5.95. The molecule has 2 fully saturated rings. The quantitative estimate of drug-likeness (QED) is 0.926. The van der Waals surface area contributed by atoms with Crippen LogP contribution in [0.5, 0.6) is 0 Å². The van der Waals surface area contributed by atoms with Gasteiger partial charge in [-0.2, -0.15) is 0 Å². The second-order valence-corrected chi connectivity index (χ2v) is 6.49. The van der Waals surface area contributed by atoms with E-state index in [9.17, 15) is 4.79 Å². The lowest BCUT2D eigenvalue weighted by molar-refractivity contribution is 0.0701. The second kappa shape index (κ2) is 7.25. The van der Waals surface area contributed by atoms with E-state index in [1.54, 1.807) is 0 Å². The Morgan fingerprint density at radius 2 is 2.05 bits per heavy atom. The normalized spacial score (nSPS) is 22.7. The molecule has 0 radical (unpaired) electrons. The Kier molecular flexibility index (Phi) is 5.11. The molecule has 0 aromatic heterocycles. The Labute approximate surface area is 132 Å². The smallest absolute Gasteiger partial charge is 0.254 e. The van der Waals surface area contributed by atoms with Crippen LogP contribution in [0.2, 0.25) is 0 Å². The van der Waals surface area contributed by atoms with E-state index < -0.39 is 0 Å². The molecule has 22 heavy (non-hydrogen) atoms. The summed E-state index contributed by atoms with van der Waals surface area (Å²) < 4.78 is 5.47. The van der Waals surface area contributed by atoms with Crippen LogP contribution in [0.25, 0.3) is 0 Å². The van der Waals surface area contributed by atoms with Crippen molar-refractivity contribution >= 4 is 5.91 Å². The highest BCUT2D eigenvalue weighted by Crippen LogP contribution is 2.22. The van der Waals surface area contributed by atoms with Gasteiger partial charge >= 0.3 is 0 Å². The number of hydrogen-bond acceptors (Lipinski definition) is 3. The molecule has 4 nitrogen and oxygen atoms in total. The molecule has 120 valence electrons. The van der Waals surface area contributed by atoms with Gasteiger partial charge in [-0.15, -0.1) is 0 Å². The van der Waals surface area contributed by atoms with Crippen LogP contribution in [0.4, 0.5) is 0 Å². The van der Waals surface area contributed by atoms with Crippen LogP contribution in [0, 0.1) is 5.92 Å². The van der Waals surface area contributed by atoms with Crippen LogP contribution in [-0.4, -0.2) is 50.2 Å². The molecular weight excluding hydrogens is 276 g/mol. The first-order valence-electron chi connectivity index (χ1n) is 8.39. The number of nitrogens with zero attached hydrogens (tertiary/aromatic N) is 1. The molecule has 0 bridgehead atoms. The predicted molar refractivity (Wildman–Crippen MR) is 87.1 cm³/mol. The first-order valence-corrected chi connectivity index (χ1v) is 8.39. The molecule has 2 saturated heterocycles. The van der Waals surface area contributed by atoms with E-state index in [-0.39, 0.29) is 5.91 Å². The van der Waals surface area contributed by atoms with E-state index in [4.69, 9.17) is 4.74 Å². The summed E-state index contributed by atoms with van der Waals surface area (Å²) in [5.41, 5.74) is 2.04. The van der Waals surface area contributed by atoms with Crippen molar-refractivity contribution in [2.24, 2.45) is 5.92 Å². The average Bonchev–Trinajstić information content (AvgIpc) is 3.08. The third-order valence-electron chi connectivity index (χ3n) is 4.96. The van der Waals surface area contributed by atoms with Crippen LogP contribution < -0.4 is 5.32 Å². The molecule has 1 N–H and O–H groups in total. The Morgan fingerprint density at radius 3 is 2.77 bits per heavy atom. The summed E-state index contributed by atoms with van der Waals surface area (Å²) in [6.45, 7) is 3.69. The van der Waals surface area contributed by atoms with E-state index in [1.165, 1.54) is 5.56 Å². The molecule has 1 unspecified atom stereocenters. The van der Waals surface area contributed by atoms with E-state index in [0.717, 1.165) is 57.6 Å². The Hall–Kier alpha value is -1.39. The van der Waals surface area contributed by atoms with Gasteiger partial charge in [0.15, 0.2) is 0 Å². The Balaban J connectivity index is 1.73. The summed E-state index contributed by atoms with van der Waals surface area (Å²) in [5, 5.41) is 3.36. The fourth-order valence-electron chi connectivity index (χ4n) is 3.51. The van der Waals surface area contributed by atoms with Crippen molar-refractivity contribution in [3.05, 3.63) is 35.4 Å². The van der Waals surface area contributed by atoms with Crippen LogP contribution in [0.1, 0.15) is 35.2 Å². The molecule has 0 aliphatic carbocycles. The SMILES string of the molecule is CN(C(=O)c1ccccc1CC1CCOC1)C1CCNCC1. The van der Waals surface area contributed by atoms with E-state index >= 15 is 0 Å². The number of carbonyl (C=O) groups is 1. The van der Waals surface area contributed by atoms with Gasteiger partial charge in [0.2, 0.25) is 0 Å². The number of hydrogen-bond donors (Lipinski definition) is 1. The highest BCUT2D eigenvalue weighted by Gasteiger charge is 2.25. The number of amides is 1. The number of benzene rings is 1. The molecule has 1 amide bonds. The van der Waals surface area contributed by atoms with Gasteiger partial charge in [-0.25, -0.2) is 0 Å². The minimum absolute atomic E-state index is 0.168. The fourth-order valence-corrected chi connectivity index (χ4v) is 3.51. The number of nitrogens with one attached hydrogen (secondary N) is 1.